The summed E-state index contributed by atoms with van der Waals surface area (Å²) in [6, 6.07) is 0. The zero-order valence-electron chi connectivity index (χ0n) is 9.34. The molecule has 0 amide bonds. The van der Waals surface area contributed by atoms with E-state index in [0.717, 1.165) is 19.6 Å². The molecule has 0 aliphatic rings. The Morgan fingerprint density at radius 2 is 1.85 bits per heavy atom. The molecule has 0 aliphatic heterocycles. The minimum absolute atomic E-state index is 0.619. The molecule has 1 atom stereocenters. The van der Waals surface area contributed by atoms with Crippen LogP contribution in [0.25, 0.3) is 0 Å². The van der Waals surface area contributed by atoms with Gasteiger partial charge in [0.05, 0.1) is 5.60 Å². The van der Waals surface area contributed by atoms with E-state index in [9.17, 15) is 5.11 Å². The van der Waals surface area contributed by atoms with Gasteiger partial charge in [0.2, 0.25) is 0 Å². The molecule has 1 unspecified atom stereocenters. The van der Waals surface area contributed by atoms with Gasteiger partial charge in [-0.25, -0.2) is 0 Å². The number of methoxy groups -OCH3 is 1. The Hall–Kier alpha value is -0.120. The number of hydrogen-bond donors (Lipinski definition) is 1. The van der Waals surface area contributed by atoms with Crippen molar-refractivity contribution in [2.75, 3.05) is 33.4 Å². The Morgan fingerprint density at radius 3 is 2.23 bits per heavy atom. The predicted octanol–water partition coefficient (Wildman–Crippen LogP) is 1.12. The fourth-order valence-electron chi connectivity index (χ4n) is 1.33. The lowest BCUT2D eigenvalue weighted by molar-refractivity contribution is -0.00356. The molecule has 0 aromatic rings. The van der Waals surface area contributed by atoms with Gasteiger partial charge in [0.15, 0.2) is 0 Å². The van der Waals surface area contributed by atoms with Crippen molar-refractivity contribution in [2.45, 2.75) is 32.8 Å². The van der Waals surface area contributed by atoms with Gasteiger partial charge in [-0.2, -0.15) is 0 Å². The van der Waals surface area contributed by atoms with E-state index in [-0.39, 0.29) is 0 Å². The molecule has 80 valence electrons. The molecule has 0 saturated heterocycles. The van der Waals surface area contributed by atoms with Crippen LogP contribution >= 0.6 is 0 Å². The van der Waals surface area contributed by atoms with Gasteiger partial charge in [0.25, 0.3) is 0 Å². The Morgan fingerprint density at radius 1 is 1.31 bits per heavy atom. The Labute approximate surface area is 81.7 Å². The lowest BCUT2D eigenvalue weighted by Crippen LogP contribution is -2.41. The summed E-state index contributed by atoms with van der Waals surface area (Å²) in [4.78, 5) is 2.22. The van der Waals surface area contributed by atoms with Crippen molar-refractivity contribution in [2.24, 2.45) is 0 Å². The third-order valence-electron chi connectivity index (χ3n) is 2.30. The van der Waals surface area contributed by atoms with Crippen molar-refractivity contribution < 1.29 is 9.84 Å². The molecule has 3 nitrogen and oxygen atoms in total. The summed E-state index contributed by atoms with van der Waals surface area (Å²) in [6.45, 7) is 9.40. The van der Waals surface area contributed by atoms with Crippen molar-refractivity contribution >= 4 is 0 Å². The summed E-state index contributed by atoms with van der Waals surface area (Å²) in [5.41, 5.74) is -0.623. The van der Waals surface area contributed by atoms with E-state index in [2.05, 4.69) is 18.7 Å². The maximum Gasteiger partial charge on any atom is 0.0768 e. The molecular weight excluding hydrogens is 166 g/mol. The van der Waals surface area contributed by atoms with Crippen molar-refractivity contribution in [3.05, 3.63) is 0 Å². The molecule has 0 rings (SSSR count). The number of nitrogens with zero attached hydrogens (tertiary/aromatic N) is 1. The summed E-state index contributed by atoms with van der Waals surface area (Å²) in [6.07, 6.45) is 0.694. The minimum atomic E-state index is -0.623. The Balaban J connectivity index is 3.83. The standard InChI is InChI=1S/C10H23NO2/c1-5-11(6-2)9-10(3,12)7-8-13-4/h12H,5-9H2,1-4H3. The Bertz CT molecular complexity index is 122. The average Bonchev–Trinajstić information content (AvgIpc) is 2.11. The SMILES string of the molecule is CCN(CC)CC(C)(O)CCOC. The van der Waals surface area contributed by atoms with Crippen LogP contribution in [-0.4, -0.2) is 49.0 Å². The maximum atomic E-state index is 9.96. The van der Waals surface area contributed by atoms with Gasteiger partial charge < -0.3 is 14.7 Å². The second-order valence-electron chi connectivity index (χ2n) is 3.70. The summed E-state index contributed by atoms with van der Waals surface area (Å²) in [7, 11) is 1.66. The fraction of sp³-hybridized carbons (Fsp3) is 1.00. The van der Waals surface area contributed by atoms with E-state index >= 15 is 0 Å². The monoisotopic (exact) mass is 189 g/mol. The highest BCUT2D eigenvalue weighted by atomic mass is 16.5. The van der Waals surface area contributed by atoms with Gasteiger partial charge in [-0.05, 0) is 20.0 Å². The van der Waals surface area contributed by atoms with Gasteiger partial charge >= 0.3 is 0 Å². The van der Waals surface area contributed by atoms with E-state index in [0.29, 0.717) is 13.0 Å². The molecular formula is C10H23NO2. The first-order valence-corrected chi connectivity index (χ1v) is 4.99. The minimum Gasteiger partial charge on any atom is -0.389 e. The first-order valence-electron chi connectivity index (χ1n) is 4.99. The van der Waals surface area contributed by atoms with Gasteiger partial charge in [0.1, 0.15) is 0 Å². The molecule has 0 spiro atoms. The van der Waals surface area contributed by atoms with Crippen LogP contribution in [0, 0.1) is 0 Å². The summed E-state index contributed by atoms with van der Waals surface area (Å²) >= 11 is 0. The lowest BCUT2D eigenvalue weighted by Gasteiger charge is -2.29. The third-order valence-corrected chi connectivity index (χ3v) is 2.30. The first kappa shape index (κ1) is 12.9. The van der Waals surface area contributed by atoms with Crippen LogP contribution < -0.4 is 0 Å². The smallest absolute Gasteiger partial charge is 0.0768 e. The highest BCUT2D eigenvalue weighted by Gasteiger charge is 2.22. The van der Waals surface area contributed by atoms with Gasteiger partial charge in [-0.3, -0.25) is 0 Å². The number of hydrogen-bond acceptors (Lipinski definition) is 3. The number of rotatable bonds is 7. The molecule has 0 fully saturated rings. The van der Waals surface area contributed by atoms with E-state index in [4.69, 9.17) is 4.74 Å². The molecule has 0 saturated carbocycles. The molecule has 0 radical (unpaired) electrons. The zero-order valence-corrected chi connectivity index (χ0v) is 9.34. The van der Waals surface area contributed by atoms with Crippen LogP contribution in [0.5, 0.6) is 0 Å². The molecule has 0 aliphatic carbocycles. The average molecular weight is 189 g/mol. The van der Waals surface area contributed by atoms with Crippen molar-refractivity contribution in [3.63, 3.8) is 0 Å². The van der Waals surface area contributed by atoms with Gasteiger partial charge in [-0.1, -0.05) is 13.8 Å². The molecule has 1 N–H and O–H groups in total. The van der Waals surface area contributed by atoms with E-state index in [1.165, 1.54) is 0 Å². The lowest BCUT2D eigenvalue weighted by atomic mass is 10.0. The number of likely N-dealkylation sites (N-methyl/N-ethyl adjacent to an activating group) is 1. The predicted molar refractivity (Wildman–Crippen MR) is 54.9 cm³/mol. The second-order valence-corrected chi connectivity index (χ2v) is 3.70. The first-order chi connectivity index (χ1) is 6.05. The summed E-state index contributed by atoms with van der Waals surface area (Å²) in [5, 5.41) is 9.96. The highest BCUT2D eigenvalue weighted by molar-refractivity contribution is 4.76. The molecule has 13 heavy (non-hydrogen) atoms. The number of ether oxygens (including phenoxy) is 1. The zero-order chi connectivity index (χ0) is 10.3. The van der Waals surface area contributed by atoms with Crippen LogP contribution in [0.2, 0.25) is 0 Å². The quantitative estimate of drug-likeness (QED) is 0.651. The van der Waals surface area contributed by atoms with Crippen LogP contribution in [-0.2, 0) is 4.74 Å². The number of aliphatic hydroxyl groups is 1. The van der Waals surface area contributed by atoms with E-state index in [1.54, 1.807) is 7.11 Å². The molecule has 0 aromatic heterocycles. The van der Waals surface area contributed by atoms with Crippen LogP contribution in [0.3, 0.4) is 0 Å². The highest BCUT2D eigenvalue weighted by Crippen LogP contribution is 2.11. The third kappa shape index (κ3) is 6.02. The van der Waals surface area contributed by atoms with Crippen LogP contribution in [0.4, 0.5) is 0 Å². The molecule has 0 bridgehead atoms. The maximum absolute atomic E-state index is 9.96. The summed E-state index contributed by atoms with van der Waals surface area (Å²) < 4.78 is 4.95. The van der Waals surface area contributed by atoms with Gasteiger partial charge in [-0.15, -0.1) is 0 Å². The summed E-state index contributed by atoms with van der Waals surface area (Å²) in [5.74, 6) is 0. The van der Waals surface area contributed by atoms with Crippen molar-refractivity contribution in [3.8, 4) is 0 Å². The topological polar surface area (TPSA) is 32.7 Å². The normalized spacial score (nSPS) is 16.2. The van der Waals surface area contributed by atoms with Crippen molar-refractivity contribution in [1.29, 1.82) is 0 Å². The van der Waals surface area contributed by atoms with Crippen LogP contribution in [0.15, 0.2) is 0 Å². The fourth-order valence-corrected chi connectivity index (χ4v) is 1.33. The largest absolute Gasteiger partial charge is 0.389 e. The van der Waals surface area contributed by atoms with E-state index < -0.39 is 5.60 Å². The molecule has 0 aromatic carbocycles. The second kappa shape index (κ2) is 6.35. The Kier molecular flexibility index (Phi) is 6.29. The van der Waals surface area contributed by atoms with E-state index in [1.807, 2.05) is 6.92 Å². The van der Waals surface area contributed by atoms with Gasteiger partial charge in [0, 0.05) is 26.7 Å². The molecule has 0 heterocycles. The van der Waals surface area contributed by atoms with Crippen LogP contribution in [0.1, 0.15) is 27.2 Å². The molecule has 3 heteroatoms. The van der Waals surface area contributed by atoms with Crippen molar-refractivity contribution in [1.82, 2.24) is 4.90 Å².